The number of hydrogen-bond donors (Lipinski definition) is 1. The number of hydrogen-bond acceptors (Lipinski definition) is 3. The first-order valence-corrected chi connectivity index (χ1v) is 5.75. The zero-order chi connectivity index (χ0) is 13.2. The van der Waals surface area contributed by atoms with E-state index in [1.54, 1.807) is 21.1 Å². The van der Waals surface area contributed by atoms with Crippen LogP contribution in [0.3, 0.4) is 0 Å². The summed E-state index contributed by atoms with van der Waals surface area (Å²) in [6, 6.07) is 3.93. The second-order valence-corrected chi connectivity index (χ2v) is 5.22. The van der Waals surface area contributed by atoms with Crippen LogP contribution < -0.4 is 9.47 Å². The SMILES string of the molecule is COc1cc(C(C)(C)C)cc(OC)c1C(C)O. The highest BCUT2D eigenvalue weighted by Gasteiger charge is 2.21. The molecule has 96 valence electrons. The first kappa shape index (κ1) is 13.8. The Kier molecular flexibility index (Phi) is 4.04. The predicted molar refractivity (Wildman–Crippen MR) is 68.9 cm³/mol. The maximum Gasteiger partial charge on any atom is 0.128 e. The molecule has 0 aromatic heterocycles. The molecule has 0 heterocycles. The van der Waals surface area contributed by atoms with Crippen molar-refractivity contribution >= 4 is 0 Å². The fourth-order valence-corrected chi connectivity index (χ4v) is 1.78. The van der Waals surface area contributed by atoms with Gasteiger partial charge in [0.25, 0.3) is 0 Å². The Hall–Kier alpha value is -1.22. The van der Waals surface area contributed by atoms with E-state index in [9.17, 15) is 5.11 Å². The molecule has 0 aliphatic carbocycles. The highest BCUT2D eigenvalue weighted by atomic mass is 16.5. The molecular formula is C14H22O3. The minimum atomic E-state index is -0.617. The molecule has 0 amide bonds. The third-order valence-electron chi connectivity index (χ3n) is 2.83. The number of rotatable bonds is 3. The van der Waals surface area contributed by atoms with E-state index in [4.69, 9.17) is 9.47 Å². The van der Waals surface area contributed by atoms with Crippen LogP contribution in [0.4, 0.5) is 0 Å². The molecule has 0 bridgehead atoms. The van der Waals surface area contributed by atoms with Gasteiger partial charge >= 0.3 is 0 Å². The zero-order valence-corrected chi connectivity index (χ0v) is 11.5. The Morgan fingerprint density at radius 1 is 1.06 bits per heavy atom. The fraction of sp³-hybridized carbons (Fsp3) is 0.571. The molecule has 0 aliphatic heterocycles. The van der Waals surface area contributed by atoms with Crippen LogP contribution in [0.25, 0.3) is 0 Å². The van der Waals surface area contributed by atoms with E-state index in [0.29, 0.717) is 17.1 Å². The van der Waals surface area contributed by atoms with E-state index >= 15 is 0 Å². The summed E-state index contributed by atoms with van der Waals surface area (Å²) < 4.78 is 10.7. The summed E-state index contributed by atoms with van der Waals surface area (Å²) in [5.41, 5.74) is 1.83. The van der Waals surface area contributed by atoms with E-state index in [-0.39, 0.29) is 5.41 Å². The van der Waals surface area contributed by atoms with Gasteiger partial charge in [-0.25, -0.2) is 0 Å². The lowest BCUT2D eigenvalue weighted by Gasteiger charge is -2.23. The molecule has 0 spiro atoms. The summed E-state index contributed by atoms with van der Waals surface area (Å²) in [4.78, 5) is 0. The van der Waals surface area contributed by atoms with Crippen LogP contribution in [0.2, 0.25) is 0 Å². The average Bonchev–Trinajstić information content (AvgIpc) is 2.25. The Balaban J connectivity index is 3.45. The van der Waals surface area contributed by atoms with E-state index < -0.39 is 6.10 Å². The van der Waals surface area contributed by atoms with Gasteiger partial charge in [0.2, 0.25) is 0 Å². The lowest BCUT2D eigenvalue weighted by Crippen LogP contribution is -2.13. The quantitative estimate of drug-likeness (QED) is 0.879. The van der Waals surface area contributed by atoms with Gasteiger partial charge in [0, 0.05) is 0 Å². The van der Waals surface area contributed by atoms with E-state index in [1.165, 1.54) is 0 Å². The van der Waals surface area contributed by atoms with Crippen molar-refractivity contribution in [1.82, 2.24) is 0 Å². The van der Waals surface area contributed by atoms with Crippen LogP contribution in [0.15, 0.2) is 12.1 Å². The van der Waals surface area contributed by atoms with Gasteiger partial charge in [-0.3, -0.25) is 0 Å². The summed E-state index contributed by atoms with van der Waals surface area (Å²) in [5, 5.41) is 9.78. The molecule has 0 aliphatic rings. The first-order chi connectivity index (χ1) is 7.81. The van der Waals surface area contributed by atoms with Crippen molar-refractivity contribution in [2.45, 2.75) is 39.2 Å². The topological polar surface area (TPSA) is 38.7 Å². The number of methoxy groups -OCH3 is 2. The minimum Gasteiger partial charge on any atom is -0.496 e. The summed E-state index contributed by atoms with van der Waals surface area (Å²) >= 11 is 0. The molecular weight excluding hydrogens is 216 g/mol. The molecule has 1 N–H and O–H groups in total. The standard InChI is InChI=1S/C14H22O3/c1-9(15)13-11(16-5)7-10(14(2,3)4)8-12(13)17-6/h7-9,15H,1-6H3. The van der Waals surface area contributed by atoms with Crippen LogP contribution in [0, 0.1) is 0 Å². The van der Waals surface area contributed by atoms with Crippen molar-refractivity contribution in [3.05, 3.63) is 23.3 Å². The number of aliphatic hydroxyl groups excluding tert-OH is 1. The van der Waals surface area contributed by atoms with Gasteiger partial charge < -0.3 is 14.6 Å². The number of aliphatic hydroxyl groups is 1. The highest BCUT2D eigenvalue weighted by Crippen LogP contribution is 2.38. The molecule has 0 radical (unpaired) electrons. The summed E-state index contributed by atoms with van der Waals surface area (Å²) in [6.07, 6.45) is -0.617. The van der Waals surface area contributed by atoms with Gasteiger partial charge in [-0.05, 0) is 30.0 Å². The lowest BCUT2D eigenvalue weighted by atomic mass is 9.85. The Bertz CT molecular complexity index is 364. The van der Waals surface area contributed by atoms with Crippen LogP contribution in [0.1, 0.15) is 44.9 Å². The van der Waals surface area contributed by atoms with Crippen LogP contribution in [-0.4, -0.2) is 19.3 Å². The molecule has 17 heavy (non-hydrogen) atoms. The van der Waals surface area contributed by atoms with Crippen LogP contribution in [-0.2, 0) is 5.41 Å². The van der Waals surface area contributed by atoms with E-state index in [0.717, 1.165) is 5.56 Å². The normalized spacial score (nSPS) is 13.4. The second kappa shape index (κ2) is 4.96. The molecule has 1 aromatic carbocycles. The number of benzene rings is 1. The Labute approximate surface area is 103 Å². The molecule has 1 rings (SSSR count). The fourth-order valence-electron chi connectivity index (χ4n) is 1.78. The molecule has 1 unspecified atom stereocenters. The number of ether oxygens (including phenoxy) is 2. The largest absolute Gasteiger partial charge is 0.496 e. The van der Waals surface area contributed by atoms with Crippen molar-refractivity contribution in [3.8, 4) is 11.5 Å². The molecule has 0 saturated carbocycles. The zero-order valence-electron chi connectivity index (χ0n) is 11.5. The summed E-state index contributed by atoms with van der Waals surface area (Å²) in [5.74, 6) is 1.34. The highest BCUT2D eigenvalue weighted by molar-refractivity contribution is 5.50. The van der Waals surface area contributed by atoms with Crippen LogP contribution >= 0.6 is 0 Å². The van der Waals surface area contributed by atoms with Gasteiger partial charge in [-0.1, -0.05) is 20.8 Å². The van der Waals surface area contributed by atoms with E-state index in [2.05, 4.69) is 20.8 Å². The summed E-state index contributed by atoms with van der Waals surface area (Å²) in [6.45, 7) is 8.09. The predicted octanol–water partition coefficient (Wildman–Crippen LogP) is 3.05. The molecule has 3 nitrogen and oxygen atoms in total. The summed E-state index contributed by atoms with van der Waals surface area (Å²) in [7, 11) is 3.21. The minimum absolute atomic E-state index is 0.0117. The van der Waals surface area contributed by atoms with Gasteiger partial charge in [-0.15, -0.1) is 0 Å². The smallest absolute Gasteiger partial charge is 0.128 e. The monoisotopic (exact) mass is 238 g/mol. The average molecular weight is 238 g/mol. The van der Waals surface area contributed by atoms with E-state index in [1.807, 2.05) is 12.1 Å². The third-order valence-corrected chi connectivity index (χ3v) is 2.83. The van der Waals surface area contributed by atoms with Crippen molar-refractivity contribution in [1.29, 1.82) is 0 Å². The maximum absolute atomic E-state index is 9.78. The Morgan fingerprint density at radius 2 is 1.47 bits per heavy atom. The van der Waals surface area contributed by atoms with Gasteiger partial charge in [0.05, 0.1) is 25.9 Å². The van der Waals surface area contributed by atoms with Crippen LogP contribution in [0.5, 0.6) is 11.5 Å². The molecule has 3 heteroatoms. The second-order valence-electron chi connectivity index (χ2n) is 5.22. The van der Waals surface area contributed by atoms with Crippen molar-refractivity contribution in [2.24, 2.45) is 0 Å². The van der Waals surface area contributed by atoms with Gasteiger partial charge in [0.1, 0.15) is 11.5 Å². The van der Waals surface area contributed by atoms with Crippen molar-refractivity contribution < 1.29 is 14.6 Å². The molecule has 1 aromatic rings. The van der Waals surface area contributed by atoms with Gasteiger partial charge in [-0.2, -0.15) is 0 Å². The maximum atomic E-state index is 9.78. The van der Waals surface area contributed by atoms with Crippen molar-refractivity contribution in [2.75, 3.05) is 14.2 Å². The Morgan fingerprint density at radius 3 is 1.71 bits per heavy atom. The lowest BCUT2D eigenvalue weighted by molar-refractivity contribution is 0.189. The molecule has 1 atom stereocenters. The van der Waals surface area contributed by atoms with Gasteiger partial charge in [0.15, 0.2) is 0 Å². The molecule has 0 fully saturated rings. The third kappa shape index (κ3) is 2.91. The molecule has 0 saturated heterocycles. The van der Waals surface area contributed by atoms with Crippen molar-refractivity contribution in [3.63, 3.8) is 0 Å². The first-order valence-electron chi connectivity index (χ1n) is 5.75.